The van der Waals surface area contributed by atoms with Crippen LogP contribution >= 0.6 is 0 Å². The highest BCUT2D eigenvalue weighted by atomic mass is 32.2. The van der Waals surface area contributed by atoms with Crippen molar-refractivity contribution in [2.75, 3.05) is 44.2 Å². The summed E-state index contributed by atoms with van der Waals surface area (Å²) in [7, 11) is -4.11. The number of aromatic nitrogens is 1. The van der Waals surface area contributed by atoms with Gasteiger partial charge in [-0.25, -0.2) is 13.4 Å². The monoisotopic (exact) mass is 600 g/mol. The maximum atomic E-state index is 13.5. The summed E-state index contributed by atoms with van der Waals surface area (Å²) in [4.78, 5) is 20.2. The third kappa shape index (κ3) is 5.98. The number of para-hydroxylation sites is 1. The Hall–Kier alpha value is -3.39. The largest absolute Gasteiger partial charge is 0.433 e. The first-order valence-electron chi connectivity index (χ1n) is 12.9. The summed E-state index contributed by atoms with van der Waals surface area (Å²) in [5.41, 5.74) is -1.37. The average Bonchev–Trinajstić information content (AvgIpc) is 2.95. The fourth-order valence-corrected chi connectivity index (χ4v) is 6.84. The van der Waals surface area contributed by atoms with Crippen LogP contribution in [0.2, 0.25) is 0 Å². The average molecular weight is 601 g/mol. The number of pyridine rings is 1. The molecule has 2 aromatic carbocycles. The summed E-state index contributed by atoms with van der Waals surface area (Å²) < 4.78 is 107. The van der Waals surface area contributed by atoms with Gasteiger partial charge in [0.15, 0.2) is 0 Å². The van der Waals surface area contributed by atoms with Crippen LogP contribution in [0.3, 0.4) is 0 Å². The molecule has 2 aliphatic heterocycles. The van der Waals surface area contributed by atoms with E-state index in [1.807, 2.05) is 0 Å². The minimum atomic E-state index is -4.62. The Kier molecular flexibility index (Phi) is 7.66. The highest BCUT2D eigenvalue weighted by Crippen LogP contribution is 2.35. The number of benzene rings is 2. The molecule has 0 aliphatic carbocycles. The SMILES string of the molecule is O=C(C1CCCN(S(=O)(=O)c2ccc(C(F)(F)F)cc2)C1)N1CCN(c2cc(C(F)(F)F)nc3ccccc23)CC1. The molecule has 0 N–H and O–H groups in total. The molecular weight excluding hydrogens is 574 g/mol. The highest BCUT2D eigenvalue weighted by Gasteiger charge is 2.38. The molecular formula is C27H26F6N4O3S. The van der Waals surface area contributed by atoms with Gasteiger partial charge in [-0.1, -0.05) is 18.2 Å². The van der Waals surface area contributed by atoms with Crippen LogP contribution in [0.1, 0.15) is 24.1 Å². The number of rotatable bonds is 4. The van der Waals surface area contributed by atoms with Crippen molar-refractivity contribution in [2.45, 2.75) is 30.1 Å². The second-order valence-corrected chi connectivity index (χ2v) is 12.0. The number of anilines is 1. The minimum absolute atomic E-state index is 0.105. The van der Waals surface area contributed by atoms with E-state index in [1.54, 1.807) is 28.0 Å². The summed E-state index contributed by atoms with van der Waals surface area (Å²) in [6.45, 7) is 1.05. The maximum Gasteiger partial charge on any atom is 0.433 e. The highest BCUT2D eigenvalue weighted by molar-refractivity contribution is 7.89. The number of sulfonamides is 1. The Morgan fingerprint density at radius 3 is 2.15 bits per heavy atom. The summed E-state index contributed by atoms with van der Waals surface area (Å²) >= 11 is 0. The van der Waals surface area contributed by atoms with Crippen molar-refractivity contribution >= 4 is 32.5 Å². The molecule has 1 aromatic heterocycles. The molecule has 41 heavy (non-hydrogen) atoms. The van der Waals surface area contributed by atoms with E-state index in [4.69, 9.17) is 0 Å². The zero-order valence-electron chi connectivity index (χ0n) is 21.6. The van der Waals surface area contributed by atoms with Crippen molar-refractivity contribution in [3.05, 3.63) is 65.9 Å². The quantitative estimate of drug-likeness (QED) is 0.394. The first kappa shape index (κ1) is 29.1. The molecule has 1 atom stereocenters. The zero-order chi connectivity index (χ0) is 29.6. The first-order chi connectivity index (χ1) is 19.2. The van der Waals surface area contributed by atoms with Crippen LogP contribution in [0, 0.1) is 5.92 Å². The van der Waals surface area contributed by atoms with Crippen molar-refractivity contribution in [1.29, 1.82) is 0 Å². The van der Waals surface area contributed by atoms with Crippen molar-refractivity contribution in [3.63, 3.8) is 0 Å². The lowest BCUT2D eigenvalue weighted by Crippen LogP contribution is -2.53. The van der Waals surface area contributed by atoms with Gasteiger partial charge in [-0.3, -0.25) is 4.79 Å². The summed E-state index contributed by atoms with van der Waals surface area (Å²) in [6.07, 6.45) is -8.37. The van der Waals surface area contributed by atoms with Crippen molar-refractivity contribution < 1.29 is 39.6 Å². The van der Waals surface area contributed by atoms with Gasteiger partial charge in [0.25, 0.3) is 0 Å². The van der Waals surface area contributed by atoms with Gasteiger partial charge in [-0.05, 0) is 49.2 Å². The summed E-state index contributed by atoms with van der Waals surface area (Å²) in [6, 6.07) is 10.8. The standard InChI is InChI=1S/C27H26F6N4O3S/c28-26(29,30)19-7-9-20(10-8-19)41(39,40)37-11-3-4-18(17-37)25(38)36-14-12-35(13-15-36)23-16-24(27(31,32)33)34-22-6-2-1-5-21(22)23/h1-2,5-10,16,18H,3-4,11-15,17H2. The van der Waals surface area contributed by atoms with Gasteiger partial charge in [-0.15, -0.1) is 0 Å². The minimum Gasteiger partial charge on any atom is -0.367 e. The molecule has 0 spiro atoms. The zero-order valence-corrected chi connectivity index (χ0v) is 22.4. The normalized spacial score (nSPS) is 19.5. The number of piperidine rings is 1. The van der Waals surface area contributed by atoms with Crippen molar-refractivity contribution in [3.8, 4) is 0 Å². The van der Waals surface area contributed by atoms with Gasteiger partial charge in [0.2, 0.25) is 15.9 Å². The summed E-state index contributed by atoms with van der Waals surface area (Å²) in [5, 5.41) is 0.566. The molecule has 14 heteroatoms. The van der Waals surface area contributed by atoms with Crippen LogP contribution in [-0.4, -0.2) is 67.8 Å². The van der Waals surface area contributed by atoms with E-state index in [9.17, 15) is 39.6 Å². The second-order valence-electron chi connectivity index (χ2n) is 10.1. The first-order valence-corrected chi connectivity index (χ1v) is 14.4. The molecule has 1 unspecified atom stereocenters. The smallest absolute Gasteiger partial charge is 0.367 e. The lowest BCUT2D eigenvalue weighted by molar-refractivity contribution is -0.141. The molecule has 3 heterocycles. The molecule has 7 nitrogen and oxygen atoms in total. The van der Waals surface area contributed by atoms with Crippen molar-refractivity contribution in [1.82, 2.24) is 14.2 Å². The third-order valence-corrected chi connectivity index (χ3v) is 9.35. The van der Waals surface area contributed by atoms with E-state index in [0.717, 1.165) is 22.5 Å². The fourth-order valence-electron chi connectivity index (χ4n) is 5.32. The van der Waals surface area contributed by atoms with Crippen LogP contribution in [0.15, 0.2) is 59.5 Å². The van der Waals surface area contributed by atoms with Crippen LogP contribution in [0.4, 0.5) is 32.0 Å². The molecule has 2 fully saturated rings. The number of nitrogens with zero attached hydrogens (tertiary/aromatic N) is 4. The predicted molar refractivity (Wildman–Crippen MR) is 138 cm³/mol. The maximum absolute atomic E-state index is 13.5. The molecule has 220 valence electrons. The Morgan fingerprint density at radius 1 is 0.854 bits per heavy atom. The lowest BCUT2D eigenvalue weighted by atomic mass is 9.97. The van der Waals surface area contributed by atoms with Crippen molar-refractivity contribution in [2.24, 2.45) is 5.92 Å². The number of alkyl halides is 6. The second kappa shape index (κ2) is 10.8. The van der Waals surface area contributed by atoms with Gasteiger partial charge >= 0.3 is 12.4 Å². The number of carbonyl (C=O) groups is 1. The molecule has 0 bridgehead atoms. The molecule has 1 amide bonds. The third-order valence-electron chi connectivity index (χ3n) is 7.47. The molecule has 2 aliphatic rings. The molecule has 0 saturated carbocycles. The van der Waals surface area contributed by atoms with E-state index < -0.39 is 39.6 Å². The molecule has 0 radical (unpaired) electrons. The van der Waals surface area contributed by atoms with Gasteiger partial charge in [0.05, 0.1) is 21.9 Å². The topological polar surface area (TPSA) is 73.8 Å². The number of fused-ring (bicyclic) bond motifs is 1. The van der Waals surface area contributed by atoms with E-state index >= 15 is 0 Å². The number of halogens is 6. The van der Waals surface area contributed by atoms with Gasteiger partial charge < -0.3 is 9.80 Å². The van der Waals surface area contributed by atoms with Gasteiger partial charge in [0.1, 0.15) is 5.69 Å². The Balaban J connectivity index is 1.27. The van der Waals surface area contributed by atoms with E-state index in [1.165, 1.54) is 6.07 Å². The van der Waals surface area contributed by atoms with E-state index in [0.29, 0.717) is 36.0 Å². The number of hydrogen-bond acceptors (Lipinski definition) is 5. The van der Waals surface area contributed by atoms with E-state index in [2.05, 4.69) is 4.98 Å². The molecule has 2 saturated heterocycles. The Morgan fingerprint density at radius 2 is 1.51 bits per heavy atom. The summed E-state index contributed by atoms with van der Waals surface area (Å²) in [5.74, 6) is -0.898. The Bertz CT molecular complexity index is 1540. The number of amides is 1. The Labute approximate surface area is 232 Å². The van der Waals surface area contributed by atoms with Crippen LogP contribution in [0.25, 0.3) is 10.9 Å². The number of carbonyl (C=O) groups excluding carboxylic acids is 1. The van der Waals surface area contributed by atoms with E-state index in [-0.39, 0.29) is 55.6 Å². The van der Waals surface area contributed by atoms with Crippen LogP contribution in [0.5, 0.6) is 0 Å². The number of hydrogen-bond donors (Lipinski definition) is 0. The van der Waals surface area contributed by atoms with Crippen LogP contribution < -0.4 is 4.90 Å². The van der Waals surface area contributed by atoms with Gasteiger partial charge in [-0.2, -0.15) is 30.6 Å². The van der Waals surface area contributed by atoms with Gasteiger partial charge in [0, 0.05) is 50.3 Å². The lowest BCUT2D eigenvalue weighted by Gasteiger charge is -2.39. The molecule has 3 aromatic rings. The molecule has 5 rings (SSSR count). The fraction of sp³-hybridized carbons (Fsp3) is 0.407. The number of piperazine rings is 1. The van der Waals surface area contributed by atoms with Crippen LogP contribution in [-0.2, 0) is 27.2 Å². The predicted octanol–water partition coefficient (Wildman–Crippen LogP) is 5.02.